The summed E-state index contributed by atoms with van der Waals surface area (Å²) in [7, 11) is 0. The van der Waals surface area contributed by atoms with Gasteiger partial charge in [0, 0.05) is 12.2 Å². The predicted molar refractivity (Wildman–Crippen MR) is 87.0 cm³/mol. The van der Waals surface area contributed by atoms with Crippen molar-refractivity contribution in [2.75, 3.05) is 19.7 Å². The van der Waals surface area contributed by atoms with Gasteiger partial charge in [-0.25, -0.2) is 0 Å². The lowest BCUT2D eigenvalue weighted by Crippen LogP contribution is -2.28. The van der Waals surface area contributed by atoms with Gasteiger partial charge in [0.05, 0.1) is 0 Å². The SMILES string of the molecule is c1ccc(-c2nc(C3CCCO3)no2)c(CC2CCNCC2)c1. The third kappa shape index (κ3) is 3.31. The molecule has 1 unspecified atom stereocenters. The van der Waals surface area contributed by atoms with E-state index in [1.807, 2.05) is 6.07 Å². The van der Waals surface area contributed by atoms with E-state index in [1.165, 1.54) is 18.4 Å². The van der Waals surface area contributed by atoms with E-state index in [-0.39, 0.29) is 6.10 Å². The van der Waals surface area contributed by atoms with Crippen LogP contribution in [0.3, 0.4) is 0 Å². The number of hydrogen-bond donors (Lipinski definition) is 1. The Balaban J connectivity index is 1.56. The molecule has 1 N–H and O–H groups in total. The first-order valence-electron chi connectivity index (χ1n) is 8.64. The van der Waals surface area contributed by atoms with E-state index in [1.54, 1.807) is 0 Å². The van der Waals surface area contributed by atoms with E-state index in [0.29, 0.717) is 11.7 Å². The average Bonchev–Trinajstić information content (AvgIpc) is 3.28. The van der Waals surface area contributed by atoms with Crippen molar-refractivity contribution in [2.24, 2.45) is 5.92 Å². The zero-order chi connectivity index (χ0) is 15.5. The standard InChI is InChI=1S/C18H23N3O2/c1-2-5-15(14(4-1)12-13-7-9-19-10-8-13)18-20-17(21-23-18)16-6-3-11-22-16/h1-2,4-5,13,16,19H,3,6-12H2. The first-order valence-corrected chi connectivity index (χ1v) is 8.64. The molecule has 0 bridgehead atoms. The van der Waals surface area contributed by atoms with Crippen molar-refractivity contribution >= 4 is 0 Å². The fraction of sp³-hybridized carbons (Fsp3) is 0.556. The highest BCUT2D eigenvalue weighted by molar-refractivity contribution is 5.58. The molecule has 4 rings (SSSR count). The van der Waals surface area contributed by atoms with E-state index in [9.17, 15) is 0 Å². The summed E-state index contributed by atoms with van der Waals surface area (Å²) in [6.07, 6.45) is 5.61. The summed E-state index contributed by atoms with van der Waals surface area (Å²) < 4.78 is 11.2. The van der Waals surface area contributed by atoms with Gasteiger partial charge in [0.1, 0.15) is 6.10 Å². The summed E-state index contributed by atoms with van der Waals surface area (Å²) in [6, 6.07) is 8.41. The molecule has 122 valence electrons. The van der Waals surface area contributed by atoms with Crippen LogP contribution in [0, 0.1) is 5.92 Å². The Morgan fingerprint density at radius 2 is 2.00 bits per heavy atom. The van der Waals surface area contributed by atoms with E-state index in [0.717, 1.165) is 50.4 Å². The lowest BCUT2D eigenvalue weighted by Gasteiger charge is -2.23. The number of rotatable bonds is 4. The molecule has 2 aliphatic rings. The molecule has 2 aliphatic heterocycles. The van der Waals surface area contributed by atoms with Gasteiger partial charge in [0.15, 0.2) is 0 Å². The first-order chi connectivity index (χ1) is 11.4. The van der Waals surface area contributed by atoms with Crippen LogP contribution >= 0.6 is 0 Å². The van der Waals surface area contributed by atoms with Crippen molar-refractivity contribution < 1.29 is 9.26 Å². The monoisotopic (exact) mass is 313 g/mol. The Kier molecular flexibility index (Phi) is 4.39. The first kappa shape index (κ1) is 14.8. The van der Waals surface area contributed by atoms with Crippen molar-refractivity contribution in [3.8, 4) is 11.5 Å². The van der Waals surface area contributed by atoms with Gasteiger partial charge in [-0.05, 0) is 62.7 Å². The van der Waals surface area contributed by atoms with E-state index >= 15 is 0 Å². The highest BCUT2D eigenvalue weighted by Crippen LogP contribution is 2.30. The second kappa shape index (κ2) is 6.81. The maximum absolute atomic E-state index is 5.65. The van der Waals surface area contributed by atoms with Gasteiger partial charge in [-0.15, -0.1) is 0 Å². The molecule has 23 heavy (non-hydrogen) atoms. The average molecular weight is 313 g/mol. The zero-order valence-electron chi connectivity index (χ0n) is 13.3. The minimum Gasteiger partial charge on any atom is -0.370 e. The van der Waals surface area contributed by atoms with Crippen LogP contribution in [0.5, 0.6) is 0 Å². The minimum absolute atomic E-state index is 0.00378. The maximum atomic E-state index is 5.65. The second-order valence-electron chi connectivity index (χ2n) is 6.51. The van der Waals surface area contributed by atoms with Crippen LogP contribution in [-0.4, -0.2) is 29.8 Å². The minimum atomic E-state index is 0.00378. The fourth-order valence-corrected chi connectivity index (χ4v) is 3.56. The van der Waals surface area contributed by atoms with Crippen molar-refractivity contribution in [1.82, 2.24) is 15.5 Å². The lowest BCUT2D eigenvalue weighted by atomic mass is 9.89. The summed E-state index contributed by atoms with van der Waals surface area (Å²) in [4.78, 5) is 4.60. The van der Waals surface area contributed by atoms with E-state index in [4.69, 9.17) is 9.26 Å². The molecule has 3 heterocycles. The number of aromatic nitrogens is 2. The lowest BCUT2D eigenvalue weighted by molar-refractivity contribution is 0.103. The van der Waals surface area contributed by atoms with Gasteiger partial charge in [-0.1, -0.05) is 23.4 Å². The predicted octanol–water partition coefficient (Wildman–Crippen LogP) is 3.13. The molecule has 2 saturated heterocycles. The van der Waals surface area contributed by atoms with Crippen LogP contribution in [0.2, 0.25) is 0 Å². The Morgan fingerprint density at radius 1 is 1.13 bits per heavy atom. The summed E-state index contributed by atoms with van der Waals surface area (Å²) in [5.74, 6) is 2.05. The number of nitrogens with zero attached hydrogens (tertiary/aromatic N) is 2. The van der Waals surface area contributed by atoms with Gasteiger partial charge in [0.25, 0.3) is 5.89 Å². The molecule has 1 aromatic heterocycles. The van der Waals surface area contributed by atoms with Crippen LogP contribution in [0.1, 0.15) is 43.2 Å². The van der Waals surface area contributed by atoms with Crippen molar-refractivity contribution in [3.63, 3.8) is 0 Å². The third-order valence-corrected chi connectivity index (χ3v) is 4.87. The largest absolute Gasteiger partial charge is 0.370 e. The molecule has 0 saturated carbocycles. The van der Waals surface area contributed by atoms with Crippen molar-refractivity contribution in [1.29, 1.82) is 0 Å². The van der Waals surface area contributed by atoms with Crippen LogP contribution in [0.4, 0.5) is 0 Å². The highest BCUT2D eigenvalue weighted by atomic mass is 16.5. The van der Waals surface area contributed by atoms with Gasteiger partial charge < -0.3 is 14.6 Å². The Labute approximate surface area is 136 Å². The summed E-state index contributed by atoms with van der Waals surface area (Å²) >= 11 is 0. The number of nitrogens with one attached hydrogen (secondary N) is 1. The molecule has 2 aromatic rings. The van der Waals surface area contributed by atoms with Gasteiger partial charge in [-0.2, -0.15) is 4.98 Å². The zero-order valence-corrected chi connectivity index (χ0v) is 13.3. The summed E-state index contributed by atoms with van der Waals surface area (Å²) in [5.41, 5.74) is 2.38. The second-order valence-corrected chi connectivity index (χ2v) is 6.51. The van der Waals surface area contributed by atoms with Crippen LogP contribution in [0.15, 0.2) is 28.8 Å². The number of hydrogen-bond acceptors (Lipinski definition) is 5. The molecular formula is C18H23N3O2. The molecule has 5 heteroatoms. The van der Waals surface area contributed by atoms with Gasteiger partial charge in [-0.3, -0.25) is 0 Å². The van der Waals surface area contributed by atoms with Crippen LogP contribution in [0.25, 0.3) is 11.5 Å². The van der Waals surface area contributed by atoms with Crippen molar-refractivity contribution in [2.45, 2.75) is 38.2 Å². The fourth-order valence-electron chi connectivity index (χ4n) is 3.56. The molecule has 0 amide bonds. The topological polar surface area (TPSA) is 60.2 Å². The molecule has 0 aliphatic carbocycles. The quantitative estimate of drug-likeness (QED) is 0.939. The van der Waals surface area contributed by atoms with Gasteiger partial charge >= 0.3 is 0 Å². The number of ether oxygens (including phenoxy) is 1. The summed E-state index contributed by atoms with van der Waals surface area (Å²) in [5, 5.41) is 7.57. The van der Waals surface area contributed by atoms with Crippen LogP contribution < -0.4 is 5.32 Å². The number of benzene rings is 1. The highest BCUT2D eigenvalue weighted by Gasteiger charge is 2.24. The normalized spacial score (nSPS) is 22.5. The smallest absolute Gasteiger partial charge is 0.258 e. The molecule has 5 nitrogen and oxygen atoms in total. The Hall–Kier alpha value is -1.72. The maximum Gasteiger partial charge on any atom is 0.258 e. The van der Waals surface area contributed by atoms with Crippen LogP contribution in [-0.2, 0) is 11.2 Å². The van der Waals surface area contributed by atoms with Crippen molar-refractivity contribution in [3.05, 3.63) is 35.7 Å². The number of piperidine rings is 1. The molecule has 0 radical (unpaired) electrons. The molecule has 1 aromatic carbocycles. The molecule has 1 atom stereocenters. The molecule has 0 spiro atoms. The van der Waals surface area contributed by atoms with E-state index in [2.05, 4.69) is 33.7 Å². The molecular weight excluding hydrogens is 290 g/mol. The third-order valence-electron chi connectivity index (χ3n) is 4.87. The van der Waals surface area contributed by atoms with Gasteiger partial charge in [0.2, 0.25) is 5.82 Å². The van der Waals surface area contributed by atoms with E-state index < -0.39 is 0 Å². The Bertz CT molecular complexity index is 643. The molecule has 2 fully saturated rings. The summed E-state index contributed by atoms with van der Waals surface area (Å²) in [6.45, 7) is 3.04. The Morgan fingerprint density at radius 3 is 2.83 bits per heavy atom.